The van der Waals surface area contributed by atoms with Gasteiger partial charge in [-0.05, 0) is 12.3 Å². The zero-order chi connectivity index (χ0) is 7.11. The maximum atomic E-state index is 3.66. The lowest BCUT2D eigenvalue weighted by Crippen LogP contribution is -1.63. The van der Waals surface area contributed by atoms with Crippen LogP contribution in [0.25, 0.3) is 0 Å². The Hall–Kier alpha value is -0.365. The Labute approximate surface area is 62.1 Å². The van der Waals surface area contributed by atoms with Crippen molar-refractivity contribution in [2.45, 2.75) is 0 Å². The lowest BCUT2D eigenvalue weighted by molar-refractivity contribution is 1.90. The van der Waals surface area contributed by atoms with E-state index in [1.807, 2.05) is 38.3 Å². The van der Waals surface area contributed by atoms with Gasteiger partial charge < -0.3 is 0 Å². The van der Waals surface area contributed by atoms with Gasteiger partial charge in [0.25, 0.3) is 0 Å². The number of hydrogen-bond acceptors (Lipinski definition) is 1. The molecule has 0 nitrogen and oxygen atoms in total. The summed E-state index contributed by atoms with van der Waals surface area (Å²) in [5.41, 5.74) is 0. The molecule has 0 aliphatic heterocycles. The van der Waals surface area contributed by atoms with Crippen LogP contribution in [0.15, 0.2) is 35.7 Å². The molecule has 0 aliphatic rings. The van der Waals surface area contributed by atoms with Crippen molar-refractivity contribution in [1.82, 2.24) is 0 Å². The molecule has 2 heteroatoms. The molecule has 0 amide bonds. The Kier molecular flexibility index (Phi) is 5.53. The van der Waals surface area contributed by atoms with Crippen molar-refractivity contribution in [3.05, 3.63) is 35.7 Å². The zero-order valence-corrected chi connectivity index (χ0v) is 6.74. The molecule has 0 atom stereocenters. The highest BCUT2D eigenvalue weighted by Crippen LogP contribution is 2.11. The molecule has 0 unspecified atom stereocenters. The highest BCUT2D eigenvalue weighted by Gasteiger charge is 1.80. The first kappa shape index (κ1) is 8.63. The van der Waals surface area contributed by atoms with Crippen molar-refractivity contribution < 1.29 is 0 Å². The molecule has 9 heavy (non-hydrogen) atoms. The predicted octanol–water partition coefficient (Wildman–Crippen LogP) is 1.57. The van der Waals surface area contributed by atoms with E-state index >= 15 is 0 Å². The third-order valence-corrected chi connectivity index (χ3v) is 1.66. The fourth-order valence-electron chi connectivity index (χ4n) is 0.410. The van der Waals surface area contributed by atoms with Gasteiger partial charge in [0.2, 0.25) is 0 Å². The Balaban J connectivity index is 3.90. The van der Waals surface area contributed by atoms with Crippen LogP contribution in [0.4, 0.5) is 0 Å². The van der Waals surface area contributed by atoms with E-state index in [0.29, 0.717) is 0 Å². The molecule has 0 aromatic rings. The van der Waals surface area contributed by atoms with E-state index in [0.717, 1.165) is 0 Å². The molecule has 0 aliphatic carbocycles. The summed E-state index contributed by atoms with van der Waals surface area (Å²) < 4.78 is 0. The molecule has 0 N–H and O–H groups in total. The molecule has 0 bridgehead atoms. The third-order valence-electron chi connectivity index (χ3n) is 0.890. The van der Waals surface area contributed by atoms with E-state index in [1.54, 1.807) is 11.8 Å². The lowest BCUT2D eigenvalue weighted by Gasteiger charge is -1.89. The Morgan fingerprint density at radius 1 is 1.67 bits per heavy atom. The molecular formula is C7H11BS. The van der Waals surface area contributed by atoms with Crippen molar-refractivity contribution in [1.29, 1.82) is 0 Å². The lowest BCUT2D eigenvalue weighted by atomic mass is 10.1. The van der Waals surface area contributed by atoms with E-state index < -0.39 is 0 Å². The van der Waals surface area contributed by atoms with E-state index in [-0.39, 0.29) is 0 Å². The average Bonchev–Trinajstić information content (AvgIpc) is 1.91. The second-order valence-corrected chi connectivity index (χ2v) is 2.38. The van der Waals surface area contributed by atoms with Crippen LogP contribution in [0.3, 0.4) is 0 Å². The van der Waals surface area contributed by atoms with Crippen LogP contribution < -0.4 is 0 Å². The molecule has 0 radical (unpaired) electrons. The topological polar surface area (TPSA) is 0 Å². The summed E-state index contributed by atoms with van der Waals surface area (Å²) in [4.78, 5) is 1.20. The van der Waals surface area contributed by atoms with Gasteiger partial charge in [-0.3, -0.25) is 0 Å². The van der Waals surface area contributed by atoms with Crippen LogP contribution in [0, 0.1) is 0 Å². The highest BCUT2D eigenvalue weighted by molar-refractivity contribution is 8.02. The molecule has 0 saturated heterocycles. The summed E-state index contributed by atoms with van der Waals surface area (Å²) in [6.45, 7) is 3.66. The Morgan fingerprint density at radius 3 is 2.67 bits per heavy atom. The minimum atomic E-state index is 1.20. The first-order chi connectivity index (χ1) is 4.35. The fraction of sp³-hybridized carbons (Fsp3) is 0.143. The molecule has 0 heterocycles. The molecule has 0 aromatic carbocycles. The minimum absolute atomic E-state index is 1.20. The molecule has 48 valence electrons. The molecule has 0 rings (SSSR count). The van der Waals surface area contributed by atoms with Gasteiger partial charge in [0, 0.05) is 4.91 Å². The summed E-state index contributed by atoms with van der Waals surface area (Å²) in [6.07, 6.45) is 7.94. The summed E-state index contributed by atoms with van der Waals surface area (Å²) in [6, 6.07) is 0. The third kappa shape index (κ3) is 4.16. The number of rotatable bonds is 3. The standard InChI is InChI=1S/C7H11BS/c1-3-7(9-2)5-4-6-8/h3-6H,1,8H2,2H3/b6-4+,7-5+. The monoisotopic (exact) mass is 138 g/mol. The van der Waals surface area contributed by atoms with Gasteiger partial charge in [0.1, 0.15) is 7.85 Å². The Bertz CT molecular complexity index is 136. The first-order valence-corrected chi connectivity index (χ1v) is 4.07. The van der Waals surface area contributed by atoms with Gasteiger partial charge in [0.05, 0.1) is 0 Å². The van der Waals surface area contributed by atoms with Crippen LogP contribution in [0.2, 0.25) is 0 Å². The number of thioether (sulfide) groups is 1. The average molecular weight is 138 g/mol. The van der Waals surface area contributed by atoms with Crippen LogP contribution >= 0.6 is 11.8 Å². The maximum absolute atomic E-state index is 3.66. The minimum Gasteiger partial charge on any atom is -0.130 e. The summed E-state index contributed by atoms with van der Waals surface area (Å²) in [7, 11) is 2.00. The largest absolute Gasteiger partial charge is 0.130 e. The summed E-state index contributed by atoms with van der Waals surface area (Å²) in [5.74, 6) is 2.00. The van der Waals surface area contributed by atoms with Crippen molar-refractivity contribution in [3.8, 4) is 0 Å². The van der Waals surface area contributed by atoms with Crippen LogP contribution in [0.5, 0.6) is 0 Å². The van der Waals surface area contributed by atoms with E-state index in [9.17, 15) is 0 Å². The van der Waals surface area contributed by atoms with Crippen molar-refractivity contribution in [3.63, 3.8) is 0 Å². The maximum Gasteiger partial charge on any atom is 0.129 e. The van der Waals surface area contributed by atoms with E-state index in [2.05, 4.69) is 6.58 Å². The van der Waals surface area contributed by atoms with Crippen LogP contribution in [-0.4, -0.2) is 14.1 Å². The molecular weight excluding hydrogens is 127 g/mol. The molecule has 0 saturated carbocycles. The van der Waals surface area contributed by atoms with Gasteiger partial charge in [-0.15, -0.1) is 17.7 Å². The van der Waals surface area contributed by atoms with Gasteiger partial charge in [-0.2, -0.15) is 0 Å². The van der Waals surface area contributed by atoms with Gasteiger partial charge in [0.15, 0.2) is 0 Å². The highest BCUT2D eigenvalue weighted by atomic mass is 32.2. The number of hydrogen-bond donors (Lipinski definition) is 0. The van der Waals surface area contributed by atoms with Gasteiger partial charge in [-0.25, -0.2) is 0 Å². The second kappa shape index (κ2) is 5.77. The van der Waals surface area contributed by atoms with Crippen molar-refractivity contribution >= 4 is 19.6 Å². The van der Waals surface area contributed by atoms with E-state index in [1.165, 1.54) is 4.91 Å². The molecule has 0 spiro atoms. The first-order valence-electron chi connectivity index (χ1n) is 2.84. The van der Waals surface area contributed by atoms with Gasteiger partial charge in [-0.1, -0.05) is 18.7 Å². The fourth-order valence-corrected chi connectivity index (χ4v) is 0.792. The van der Waals surface area contributed by atoms with Gasteiger partial charge >= 0.3 is 0 Å². The SMILES string of the molecule is B/C=C/C=C(\C=C)SC. The van der Waals surface area contributed by atoms with Crippen LogP contribution in [0.1, 0.15) is 0 Å². The smallest absolute Gasteiger partial charge is 0.129 e. The molecule has 0 fully saturated rings. The van der Waals surface area contributed by atoms with Crippen molar-refractivity contribution in [2.24, 2.45) is 0 Å². The summed E-state index contributed by atoms with van der Waals surface area (Å²) >= 11 is 1.70. The summed E-state index contributed by atoms with van der Waals surface area (Å²) in [5, 5.41) is 0. The molecule has 0 aromatic heterocycles. The predicted molar refractivity (Wildman–Crippen MR) is 49.5 cm³/mol. The van der Waals surface area contributed by atoms with Crippen LogP contribution in [-0.2, 0) is 0 Å². The number of allylic oxidation sites excluding steroid dienone is 3. The second-order valence-electron chi connectivity index (χ2n) is 1.50. The van der Waals surface area contributed by atoms with E-state index in [4.69, 9.17) is 0 Å². The zero-order valence-electron chi connectivity index (χ0n) is 5.92. The quantitative estimate of drug-likeness (QED) is 0.421. The van der Waals surface area contributed by atoms with Crippen molar-refractivity contribution in [2.75, 3.05) is 6.26 Å². The Morgan fingerprint density at radius 2 is 2.33 bits per heavy atom. The normalized spacial score (nSPS) is 12.3.